The van der Waals surface area contributed by atoms with Crippen LogP contribution in [0.2, 0.25) is 0 Å². The number of nitrogens with one attached hydrogen (secondary N) is 3. The fraction of sp³-hybridized carbons (Fsp3) is 0.176. The Morgan fingerprint density at radius 1 is 0.955 bits per heavy atom. The molecule has 5 aromatic rings. The SMILES string of the molecule is C=CC(Cc1c[nH]c2ccccc12)NC(=O)c1ccc(-c2ccc(F)c(C(F)(F)F)c2)cc1F.CC.CNc1ccncc1. The van der Waals surface area contributed by atoms with Crippen molar-refractivity contribution in [3.8, 4) is 11.1 Å². The summed E-state index contributed by atoms with van der Waals surface area (Å²) in [4.78, 5) is 19.7. The Labute approximate surface area is 252 Å². The zero-order chi connectivity index (χ0) is 32.3. The van der Waals surface area contributed by atoms with Gasteiger partial charge in [-0.1, -0.05) is 50.3 Å². The molecule has 0 aliphatic rings. The van der Waals surface area contributed by atoms with Crippen molar-refractivity contribution in [2.75, 3.05) is 12.4 Å². The summed E-state index contributed by atoms with van der Waals surface area (Å²) in [5.74, 6) is -3.02. The third-order valence-corrected chi connectivity index (χ3v) is 6.50. The van der Waals surface area contributed by atoms with Crippen LogP contribution in [0.3, 0.4) is 0 Å². The van der Waals surface area contributed by atoms with Gasteiger partial charge in [0.2, 0.25) is 0 Å². The lowest BCUT2D eigenvalue weighted by atomic mass is 10.00. The monoisotopic (exact) mass is 608 g/mol. The third-order valence-electron chi connectivity index (χ3n) is 6.50. The molecule has 0 saturated heterocycles. The first kappa shape index (κ1) is 33.5. The Kier molecular flexibility index (Phi) is 11.8. The Bertz CT molecular complexity index is 1680. The van der Waals surface area contributed by atoms with Crippen molar-refractivity contribution >= 4 is 22.5 Å². The van der Waals surface area contributed by atoms with E-state index in [9.17, 15) is 26.7 Å². The molecule has 2 aromatic heterocycles. The number of H-pyrrole nitrogens is 1. The molecule has 0 fully saturated rings. The minimum Gasteiger partial charge on any atom is -0.388 e. The normalized spacial score (nSPS) is 11.4. The van der Waals surface area contributed by atoms with E-state index in [-0.39, 0.29) is 16.7 Å². The molecule has 0 bridgehead atoms. The highest BCUT2D eigenvalue weighted by Gasteiger charge is 2.34. The van der Waals surface area contributed by atoms with Gasteiger partial charge in [0.05, 0.1) is 17.2 Å². The van der Waals surface area contributed by atoms with Gasteiger partial charge in [0.25, 0.3) is 5.91 Å². The Morgan fingerprint density at radius 3 is 2.23 bits per heavy atom. The fourth-order valence-corrected chi connectivity index (χ4v) is 4.30. The molecule has 230 valence electrons. The average molecular weight is 609 g/mol. The highest BCUT2D eigenvalue weighted by atomic mass is 19.4. The maximum atomic E-state index is 14.8. The van der Waals surface area contributed by atoms with E-state index in [1.54, 1.807) is 18.5 Å². The number of hydrogen-bond donors (Lipinski definition) is 3. The zero-order valence-corrected chi connectivity index (χ0v) is 24.5. The number of carbonyl (C=O) groups excluding carboxylic acids is 1. The van der Waals surface area contributed by atoms with Crippen LogP contribution >= 0.6 is 0 Å². The van der Waals surface area contributed by atoms with E-state index in [4.69, 9.17) is 0 Å². The number of pyridine rings is 1. The van der Waals surface area contributed by atoms with E-state index in [1.807, 2.05) is 63.5 Å². The molecule has 3 aromatic carbocycles. The number of para-hydroxylation sites is 1. The molecular formula is C34H33F5N4O. The highest BCUT2D eigenvalue weighted by molar-refractivity contribution is 5.95. The van der Waals surface area contributed by atoms with Crippen molar-refractivity contribution in [1.29, 1.82) is 0 Å². The molecule has 0 radical (unpaired) electrons. The van der Waals surface area contributed by atoms with Crippen LogP contribution in [0.1, 0.15) is 35.3 Å². The number of alkyl halides is 3. The van der Waals surface area contributed by atoms with Gasteiger partial charge in [-0.25, -0.2) is 8.78 Å². The predicted octanol–water partition coefficient (Wildman–Crippen LogP) is 8.81. The molecule has 3 N–H and O–H groups in total. The van der Waals surface area contributed by atoms with Crippen LogP contribution in [0.4, 0.5) is 27.6 Å². The minimum absolute atomic E-state index is 0.0251. The number of rotatable bonds is 7. The number of hydrogen-bond acceptors (Lipinski definition) is 3. The van der Waals surface area contributed by atoms with Crippen LogP contribution < -0.4 is 10.6 Å². The molecule has 10 heteroatoms. The summed E-state index contributed by atoms with van der Waals surface area (Å²) < 4.78 is 67.3. The maximum absolute atomic E-state index is 14.8. The first-order valence-corrected chi connectivity index (χ1v) is 13.8. The average Bonchev–Trinajstić information content (AvgIpc) is 3.44. The molecule has 1 amide bonds. The molecule has 1 atom stereocenters. The van der Waals surface area contributed by atoms with Crippen LogP contribution in [-0.4, -0.2) is 29.0 Å². The van der Waals surface area contributed by atoms with Crippen LogP contribution in [0.25, 0.3) is 22.0 Å². The second-order valence-corrected chi connectivity index (χ2v) is 9.25. The third kappa shape index (κ3) is 8.53. The zero-order valence-electron chi connectivity index (χ0n) is 24.5. The van der Waals surface area contributed by atoms with E-state index in [2.05, 4.69) is 27.2 Å². The summed E-state index contributed by atoms with van der Waals surface area (Å²) in [5.41, 5.74) is 1.34. The maximum Gasteiger partial charge on any atom is 0.419 e. The van der Waals surface area contributed by atoms with Gasteiger partial charge in [0.15, 0.2) is 0 Å². The van der Waals surface area contributed by atoms with Crippen molar-refractivity contribution in [3.05, 3.63) is 132 Å². The molecule has 0 spiro atoms. The summed E-state index contributed by atoms with van der Waals surface area (Å²) in [6.45, 7) is 7.74. The van der Waals surface area contributed by atoms with Gasteiger partial charge < -0.3 is 15.6 Å². The van der Waals surface area contributed by atoms with Crippen LogP contribution in [-0.2, 0) is 12.6 Å². The second-order valence-electron chi connectivity index (χ2n) is 9.25. The number of halogens is 5. The Balaban J connectivity index is 0.000000454. The van der Waals surface area contributed by atoms with E-state index < -0.39 is 35.3 Å². The number of anilines is 1. The first-order valence-electron chi connectivity index (χ1n) is 13.8. The molecule has 0 aliphatic heterocycles. The van der Waals surface area contributed by atoms with Crippen LogP contribution in [0.15, 0.2) is 104 Å². The molecule has 44 heavy (non-hydrogen) atoms. The van der Waals surface area contributed by atoms with E-state index in [0.717, 1.165) is 34.3 Å². The predicted molar refractivity (Wildman–Crippen MR) is 165 cm³/mol. The molecule has 0 saturated carbocycles. The summed E-state index contributed by atoms with van der Waals surface area (Å²) in [6.07, 6.45) is 2.43. The van der Waals surface area contributed by atoms with Crippen LogP contribution in [0.5, 0.6) is 0 Å². The molecule has 0 aliphatic carbocycles. The molecule has 5 nitrogen and oxygen atoms in total. The Morgan fingerprint density at radius 2 is 1.61 bits per heavy atom. The van der Waals surface area contributed by atoms with Gasteiger partial charge in [0, 0.05) is 42.2 Å². The number of aromatic nitrogens is 2. The smallest absolute Gasteiger partial charge is 0.388 e. The van der Waals surface area contributed by atoms with Crippen molar-refractivity contribution in [2.24, 2.45) is 0 Å². The van der Waals surface area contributed by atoms with E-state index in [1.165, 1.54) is 12.1 Å². The first-order chi connectivity index (χ1) is 21.1. The number of benzene rings is 3. The van der Waals surface area contributed by atoms with Gasteiger partial charge >= 0.3 is 6.18 Å². The summed E-state index contributed by atoms with van der Waals surface area (Å²) in [5, 5.41) is 6.70. The van der Waals surface area contributed by atoms with E-state index in [0.29, 0.717) is 18.6 Å². The lowest BCUT2D eigenvalue weighted by Crippen LogP contribution is -2.35. The molecule has 5 rings (SSSR count). The summed E-state index contributed by atoms with van der Waals surface area (Å²) in [6, 6.07) is 16.9. The van der Waals surface area contributed by atoms with Gasteiger partial charge in [-0.3, -0.25) is 9.78 Å². The Hall–Kier alpha value is -4.99. The lowest BCUT2D eigenvalue weighted by molar-refractivity contribution is -0.139. The van der Waals surface area contributed by atoms with Crippen molar-refractivity contribution in [1.82, 2.24) is 15.3 Å². The number of nitrogens with zero attached hydrogens (tertiary/aromatic N) is 1. The largest absolute Gasteiger partial charge is 0.419 e. The minimum atomic E-state index is -4.89. The van der Waals surface area contributed by atoms with E-state index >= 15 is 0 Å². The number of amides is 1. The summed E-state index contributed by atoms with van der Waals surface area (Å²) >= 11 is 0. The highest BCUT2D eigenvalue weighted by Crippen LogP contribution is 2.34. The van der Waals surface area contributed by atoms with Gasteiger partial charge in [-0.15, -0.1) is 6.58 Å². The quantitative estimate of drug-likeness (QED) is 0.128. The lowest BCUT2D eigenvalue weighted by Gasteiger charge is -2.15. The topological polar surface area (TPSA) is 69.8 Å². The van der Waals surface area contributed by atoms with Gasteiger partial charge in [-0.05, 0) is 65.6 Å². The fourth-order valence-electron chi connectivity index (χ4n) is 4.30. The molecular weight excluding hydrogens is 575 g/mol. The van der Waals surface area contributed by atoms with Crippen molar-refractivity contribution in [2.45, 2.75) is 32.5 Å². The number of carbonyl (C=O) groups is 1. The molecule has 2 heterocycles. The van der Waals surface area contributed by atoms with Crippen molar-refractivity contribution in [3.63, 3.8) is 0 Å². The number of aromatic amines is 1. The van der Waals surface area contributed by atoms with Crippen molar-refractivity contribution < 1.29 is 26.7 Å². The second kappa shape index (κ2) is 15.5. The summed E-state index contributed by atoms with van der Waals surface area (Å²) in [7, 11) is 1.88. The molecule has 1 unspecified atom stereocenters. The van der Waals surface area contributed by atoms with Gasteiger partial charge in [0.1, 0.15) is 11.6 Å². The van der Waals surface area contributed by atoms with Crippen LogP contribution in [0, 0.1) is 11.6 Å². The van der Waals surface area contributed by atoms with Gasteiger partial charge in [-0.2, -0.15) is 13.2 Å². The number of fused-ring (bicyclic) bond motifs is 1. The standard InChI is InChI=1S/C26H19F5N2O.C6H8N2.C2H6/c1-2-18(11-17-14-32-24-6-4-3-5-19(17)24)33-25(34)20-9-7-16(13-23(20)28)15-8-10-22(27)21(12-15)26(29,30)31;1-7-6-2-4-8-5-3-6;1-2/h2-10,12-14,18,32H,1,11H2,(H,33,34);2-5H,1H3,(H,7,8);1-2H3.